The van der Waals surface area contributed by atoms with E-state index >= 15 is 0 Å². The van der Waals surface area contributed by atoms with Gasteiger partial charge in [-0.1, -0.05) is 158 Å². The van der Waals surface area contributed by atoms with Crippen LogP contribution in [-0.4, -0.2) is 24.3 Å². The van der Waals surface area contributed by atoms with Gasteiger partial charge in [-0.3, -0.25) is 0 Å². The van der Waals surface area contributed by atoms with Crippen molar-refractivity contribution in [2.45, 2.75) is 195 Å². The molecule has 252 valence electrons. The van der Waals surface area contributed by atoms with Crippen molar-refractivity contribution in [3.63, 3.8) is 0 Å². The van der Waals surface area contributed by atoms with Crippen LogP contribution in [0.4, 0.5) is 0 Å². The third kappa shape index (κ3) is 19.4. The number of unbranched alkanes of at least 4 members (excludes halogenated alkanes) is 4. The topological polar surface area (TPSA) is 87.6 Å². The number of nitrogens with two attached hydrogens (primary N) is 2. The van der Waals surface area contributed by atoms with Gasteiger partial charge in [0.05, 0.1) is 0 Å². The van der Waals surface area contributed by atoms with Gasteiger partial charge >= 0.3 is 8.25 Å². The summed E-state index contributed by atoms with van der Waals surface area (Å²) in [6.07, 6.45) is 22.7. The molecule has 0 fully saturated rings. The van der Waals surface area contributed by atoms with Gasteiger partial charge in [0, 0.05) is 15.6 Å². The Kier molecular flexibility index (Phi) is 25.1. The van der Waals surface area contributed by atoms with E-state index in [-0.39, 0.29) is 13.2 Å². The van der Waals surface area contributed by atoms with Gasteiger partial charge < -0.3 is 11.5 Å². The largest absolute Gasteiger partial charge is 0.697 e. The van der Waals surface area contributed by atoms with E-state index in [0.29, 0.717) is 23.7 Å². The van der Waals surface area contributed by atoms with Crippen LogP contribution in [0.5, 0.6) is 0 Å². The van der Waals surface area contributed by atoms with Crippen LogP contribution < -0.4 is 11.5 Å². The molecule has 0 heterocycles. The normalized spacial score (nSPS) is 18.2. The molecule has 42 heavy (non-hydrogen) atoms. The fourth-order valence-electron chi connectivity index (χ4n) is 6.88. The lowest BCUT2D eigenvalue weighted by molar-refractivity contribution is 0.109. The van der Waals surface area contributed by atoms with Crippen molar-refractivity contribution in [1.29, 1.82) is 0 Å². The number of hydrogen-bond acceptors (Lipinski definition) is 5. The monoisotopic (exact) mass is 616 g/mol. The zero-order valence-electron chi connectivity index (χ0n) is 29.7. The van der Waals surface area contributed by atoms with E-state index in [0.717, 1.165) is 51.4 Å². The molecule has 6 heteroatoms. The second-order valence-electron chi connectivity index (χ2n) is 14.0. The maximum absolute atomic E-state index is 13.2. The Hall–Kier alpha value is -0.0600. The molecule has 0 aliphatic heterocycles. The van der Waals surface area contributed by atoms with Gasteiger partial charge in [0.25, 0.3) is 0 Å². The molecule has 0 aromatic rings. The molecule has 4 atom stereocenters. The molecule has 4 N–H and O–H groups in total. The summed E-state index contributed by atoms with van der Waals surface area (Å²) in [7, 11) is -2.28. The third-order valence-electron chi connectivity index (χ3n) is 9.87. The summed E-state index contributed by atoms with van der Waals surface area (Å²) in [5, 5.41) is 0. The molecule has 0 aliphatic carbocycles. The summed E-state index contributed by atoms with van der Waals surface area (Å²) in [5.74, 6) is 2.28. The fraction of sp³-hybridized carbons (Fsp3) is 1.00. The van der Waals surface area contributed by atoms with E-state index < -0.39 is 19.3 Å². The standard InChI is InChI=1S/C36H76N2O3P/c1-9-17-21-31(13-5)25-35(37,26-32(14-6)22-18-10-2)29-40-42(39)41-30-36(38,27-33(15-7)23-19-11-3)28-34(16-8)24-20-12-4/h31-34H,9-30,37-38H2,1-8H3/q+1. The highest BCUT2D eigenvalue weighted by atomic mass is 31.1. The summed E-state index contributed by atoms with van der Waals surface area (Å²) >= 11 is 0. The van der Waals surface area contributed by atoms with E-state index in [1.807, 2.05) is 0 Å². The van der Waals surface area contributed by atoms with Crippen molar-refractivity contribution in [3.05, 3.63) is 0 Å². The first-order valence-corrected chi connectivity index (χ1v) is 19.5. The highest BCUT2D eigenvalue weighted by Crippen LogP contribution is 2.37. The van der Waals surface area contributed by atoms with Gasteiger partial charge in [-0.15, -0.1) is 9.05 Å². The summed E-state index contributed by atoms with van der Waals surface area (Å²) in [6, 6.07) is 0. The first-order chi connectivity index (χ1) is 20.1. The highest BCUT2D eigenvalue weighted by Gasteiger charge is 2.39. The molecule has 0 amide bonds. The van der Waals surface area contributed by atoms with E-state index in [9.17, 15) is 4.57 Å². The van der Waals surface area contributed by atoms with Crippen LogP contribution in [0.15, 0.2) is 0 Å². The van der Waals surface area contributed by atoms with Crippen LogP contribution in [-0.2, 0) is 13.6 Å². The lowest BCUT2D eigenvalue weighted by Gasteiger charge is -2.35. The minimum atomic E-state index is -2.28. The summed E-state index contributed by atoms with van der Waals surface area (Å²) in [5.41, 5.74) is 13.3. The van der Waals surface area contributed by atoms with E-state index in [1.165, 1.54) is 77.0 Å². The maximum Gasteiger partial charge on any atom is 0.697 e. The van der Waals surface area contributed by atoms with Crippen LogP contribution in [0.25, 0.3) is 0 Å². The molecule has 0 aromatic carbocycles. The molecule has 0 bridgehead atoms. The van der Waals surface area contributed by atoms with Gasteiger partial charge in [-0.2, -0.15) is 0 Å². The number of hydrogen-bond donors (Lipinski definition) is 2. The first-order valence-electron chi connectivity index (χ1n) is 18.4. The van der Waals surface area contributed by atoms with Crippen molar-refractivity contribution in [2.24, 2.45) is 35.1 Å². The zero-order chi connectivity index (χ0) is 31.9. The molecule has 0 saturated carbocycles. The van der Waals surface area contributed by atoms with Gasteiger partial charge in [-0.05, 0) is 49.4 Å². The second kappa shape index (κ2) is 25.2. The Labute approximate surface area is 264 Å². The zero-order valence-corrected chi connectivity index (χ0v) is 30.6. The average Bonchev–Trinajstić information content (AvgIpc) is 2.99. The quantitative estimate of drug-likeness (QED) is 0.0785. The highest BCUT2D eigenvalue weighted by molar-refractivity contribution is 7.33. The Balaban J connectivity index is 5.58. The number of rotatable bonds is 30. The van der Waals surface area contributed by atoms with Gasteiger partial charge in [0.15, 0.2) is 0 Å². The van der Waals surface area contributed by atoms with Crippen LogP contribution in [0.1, 0.15) is 184 Å². The average molecular weight is 616 g/mol. The first kappa shape index (κ1) is 41.9. The van der Waals surface area contributed by atoms with E-state index in [2.05, 4.69) is 55.4 Å². The van der Waals surface area contributed by atoms with Crippen molar-refractivity contribution in [1.82, 2.24) is 0 Å². The SMILES string of the molecule is CCCCC(CC)CC(N)(CO[P+](=O)OCC(N)(CC(CC)CCCC)CC(CC)CCCC)CC(CC)CCCC. The van der Waals surface area contributed by atoms with Crippen molar-refractivity contribution >= 4 is 8.25 Å². The van der Waals surface area contributed by atoms with Crippen LogP contribution in [0.2, 0.25) is 0 Å². The van der Waals surface area contributed by atoms with Gasteiger partial charge in [0.1, 0.15) is 13.2 Å². The minimum absolute atomic E-state index is 0.285. The lowest BCUT2D eigenvalue weighted by Crippen LogP contribution is -2.48. The predicted molar refractivity (Wildman–Crippen MR) is 185 cm³/mol. The molecule has 4 unspecified atom stereocenters. The molecule has 0 rings (SSSR count). The van der Waals surface area contributed by atoms with Gasteiger partial charge in [-0.25, -0.2) is 0 Å². The fourth-order valence-corrected chi connectivity index (χ4v) is 7.67. The molecular formula is C36H76N2O3P+. The molecule has 0 radical (unpaired) electrons. The minimum Gasteiger partial charge on any atom is -0.323 e. The molecule has 0 aliphatic rings. The molecule has 5 nitrogen and oxygen atoms in total. The lowest BCUT2D eigenvalue weighted by atomic mass is 9.77. The Morgan fingerprint density at radius 2 is 0.738 bits per heavy atom. The van der Waals surface area contributed by atoms with Crippen molar-refractivity contribution in [3.8, 4) is 0 Å². The van der Waals surface area contributed by atoms with Crippen LogP contribution >= 0.6 is 8.25 Å². The van der Waals surface area contributed by atoms with Crippen LogP contribution in [0.3, 0.4) is 0 Å². The Morgan fingerprint density at radius 1 is 0.500 bits per heavy atom. The van der Waals surface area contributed by atoms with Gasteiger partial charge in [0.2, 0.25) is 0 Å². The predicted octanol–water partition coefficient (Wildman–Crippen LogP) is 11.5. The third-order valence-corrected chi connectivity index (χ3v) is 10.5. The summed E-state index contributed by atoms with van der Waals surface area (Å²) in [4.78, 5) is 0. The molecule has 0 spiro atoms. The van der Waals surface area contributed by atoms with Crippen molar-refractivity contribution in [2.75, 3.05) is 13.2 Å². The Bertz CT molecular complexity index is 559. The van der Waals surface area contributed by atoms with E-state index in [4.69, 9.17) is 20.5 Å². The summed E-state index contributed by atoms with van der Waals surface area (Å²) in [6.45, 7) is 18.7. The summed E-state index contributed by atoms with van der Waals surface area (Å²) < 4.78 is 25.2. The Morgan fingerprint density at radius 3 is 0.929 bits per heavy atom. The van der Waals surface area contributed by atoms with E-state index in [1.54, 1.807) is 0 Å². The smallest absolute Gasteiger partial charge is 0.323 e. The second-order valence-corrected chi connectivity index (χ2v) is 14.9. The molecule has 0 aromatic heterocycles. The molecular weight excluding hydrogens is 539 g/mol. The van der Waals surface area contributed by atoms with Crippen LogP contribution in [0, 0.1) is 23.7 Å². The van der Waals surface area contributed by atoms with Crippen molar-refractivity contribution < 1.29 is 13.6 Å². The maximum atomic E-state index is 13.2. The molecule has 0 saturated heterocycles.